The third-order valence-electron chi connectivity index (χ3n) is 2.18. The van der Waals surface area contributed by atoms with E-state index in [9.17, 15) is 4.79 Å². The molecule has 1 atom stereocenters. The Morgan fingerprint density at radius 1 is 1.54 bits per heavy atom. The summed E-state index contributed by atoms with van der Waals surface area (Å²) < 4.78 is 0. The number of alkyl halides is 1. The zero-order valence-electron chi connectivity index (χ0n) is 8.64. The van der Waals surface area contributed by atoms with Crippen LogP contribution in [0.25, 0.3) is 0 Å². The monoisotopic (exact) mass is 203 g/mol. The van der Waals surface area contributed by atoms with Gasteiger partial charge in [-0.15, -0.1) is 11.6 Å². The van der Waals surface area contributed by atoms with Gasteiger partial charge in [-0.2, -0.15) is 0 Å². The highest BCUT2D eigenvalue weighted by atomic mass is 35.5. The highest BCUT2D eigenvalue weighted by molar-refractivity contribution is 6.18. The normalized spacial score (nSPS) is 24.2. The zero-order valence-corrected chi connectivity index (χ0v) is 9.40. The molecule has 1 fully saturated rings. The van der Waals surface area contributed by atoms with Crippen LogP contribution >= 0.6 is 11.6 Å². The number of nitrogens with zero attached hydrogens (tertiary/aromatic N) is 1. The molecule has 13 heavy (non-hydrogen) atoms. The molecule has 1 saturated heterocycles. The number of carbonyl (C=O) groups excluding carboxylic acids is 1. The summed E-state index contributed by atoms with van der Waals surface area (Å²) in [5.41, 5.74) is 0.191. The van der Waals surface area contributed by atoms with Crippen LogP contribution in [-0.4, -0.2) is 29.8 Å². The van der Waals surface area contributed by atoms with Crippen LogP contribution in [-0.2, 0) is 4.79 Å². The molecule has 1 amide bonds. The lowest BCUT2D eigenvalue weighted by Gasteiger charge is -2.26. The maximum atomic E-state index is 11.5. The number of carbonyl (C=O) groups is 1. The molecule has 0 aliphatic carbocycles. The maximum absolute atomic E-state index is 11.5. The first-order chi connectivity index (χ1) is 5.92. The number of rotatable bonds is 2. The molecule has 3 heteroatoms. The average molecular weight is 204 g/mol. The lowest BCUT2D eigenvalue weighted by Crippen LogP contribution is -2.33. The molecule has 1 unspecified atom stereocenters. The van der Waals surface area contributed by atoms with E-state index in [0.717, 1.165) is 13.1 Å². The summed E-state index contributed by atoms with van der Waals surface area (Å²) in [5, 5.41) is 0. The Kier molecular flexibility index (Phi) is 3.23. The fraction of sp³-hybridized carbons (Fsp3) is 0.900. The van der Waals surface area contributed by atoms with Crippen LogP contribution in [0.15, 0.2) is 0 Å². The Bertz CT molecular complexity index is 198. The fourth-order valence-electron chi connectivity index (χ4n) is 1.68. The minimum absolute atomic E-state index is 0.191. The Hall–Kier alpha value is -0.240. The van der Waals surface area contributed by atoms with Gasteiger partial charge in [0.2, 0.25) is 5.91 Å². The summed E-state index contributed by atoms with van der Waals surface area (Å²) in [6.45, 7) is 8.13. The standard InChI is InChI=1S/C10H18ClNO/c1-10(2,3)7-12-6-8(5-11)4-9(12)13/h8H,4-7H2,1-3H3. The van der Waals surface area contributed by atoms with Crippen LogP contribution in [0.3, 0.4) is 0 Å². The molecule has 0 saturated carbocycles. The number of hydrogen-bond acceptors (Lipinski definition) is 1. The quantitative estimate of drug-likeness (QED) is 0.630. The van der Waals surface area contributed by atoms with E-state index in [-0.39, 0.29) is 11.3 Å². The van der Waals surface area contributed by atoms with Crippen LogP contribution in [0.2, 0.25) is 0 Å². The number of likely N-dealkylation sites (tertiary alicyclic amines) is 1. The summed E-state index contributed by atoms with van der Waals surface area (Å²) in [6.07, 6.45) is 0.638. The predicted molar refractivity (Wildman–Crippen MR) is 54.9 cm³/mol. The second-order valence-corrected chi connectivity index (χ2v) is 5.37. The van der Waals surface area contributed by atoms with E-state index in [1.54, 1.807) is 0 Å². The molecule has 0 N–H and O–H groups in total. The number of hydrogen-bond donors (Lipinski definition) is 0. The molecule has 0 radical (unpaired) electrons. The molecule has 0 aromatic heterocycles. The van der Waals surface area contributed by atoms with E-state index in [1.807, 2.05) is 4.90 Å². The molecule has 76 valence electrons. The van der Waals surface area contributed by atoms with Crippen molar-refractivity contribution >= 4 is 17.5 Å². The molecule has 1 heterocycles. The first-order valence-corrected chi connectivity index (χ1v) is 5.29. The van der Waals surface area contributed by atoms with E-state index >= 15 is 0 Å². The van der Waals surface area contributed by atoms with Crippen LogP contribution in [0.5, 0.6) is 0 Å². The van der Waals surface area contributed by atoms with Crippen molar-refractivity contribution in [1.29, 1.82) is 0 Å². The first kappa shape index (κ1) is 10.8. The summed E-state index contributed by atoms with van der Waals surface area (Å²) in [6, 6.07) is 0. The van der Waals surface area contributed by atoms with E-state index in [1.165, 1.54) is 0 Å². The Balaban J connectivity index is 2.49. The van der Waals surface area contributed by atoms with E-state index in [4.69, 9.17) is 11.6 Å². The van der Waals surface area contributed by atoms with Crippen molar-refractivity contribution in [2.75, 3.05) is 19.0 Å². The van der Waals surface area contributed by atoms with Gasteiger partial charge in [0.25, 0.3) is 0 Å². The van der Waals surface area contributed by atoms with Crippen LogP contribution in [0.4, 0.5) is 0 Å². The summed E-state index contributed by atoms with van der Waals surface area (Å²) >= 11 is 5.73. The van der Waals surface area contributed by atoms with E-state index < -0.39 is 0 Å². The first-order valence-electron chi connectivity index (χ1n) is 4.76. The third kappa shape index (κ3) is 3.18. The molecule has 0 aromatic carbocycles. The molecule has 0 bridgehead atoms. The van der Waals surface area contributed by atoms with Crippen molar-refractivity contribution < 1.29 is 4.79 Å². The van der Waals surface area contributed by atoms with Gasteiger partial charge in [0.05, 0.1) is 0 Å². The molecular weight excluding hydrogens is 186 g/mol. The van der Waals surface area contributed by atoms with Gasteiger partial charge in [0, 0.05) is 25.4 Å². The second kappa shape index (κ2) is 3.87. The Labute approximate surface area is 85.2 Å². The molecule has 1 aliphatic rings. The van der Waals surface area contributed by atoms with E-state index in [2.05, 4.69) is 20.8 Å². The van der Waals surface area contributed by atoms with Crippen molar-refractivity contribution in [2.24, 2.45) is 11.3 Å². The minimum Gasteiger partial charge on any atom is -0.342 e. The van der Waals surface area contributed by atoms with Gasteiger partial charge < -0.3 is 4.90 Å². The molecular formula is C10H18ClNO. The summed E-state index contributed by atoms with van der Waals surface area (Å²) in [4.78, 5) is 13.4. The van der Waals surface area contributed by atoms with Crippen molar-refractivity contribution in [1.82, 2.24) is 4.90 Å². The maximum Gasteiger partial charge on any atom is 0.222 e. The minimum atomic E-state index is 0.191. The fourth-order valence-corrected chi connectivity index (χ4v) is 1.89. The van der Waals surface area contributed by atoms with Gasteiger partial charge in [-0.3, -0.25) is 4.79 Å². The van der Waals surface area contributed by atoms with Crippen molar-refractivity contribution in [3.63, 3.8) is 0 Å². The van der Waals surface area contributed by atoms with Crippen molar-refractivity contribution in [3.8, 4) is 0 Å². The van der Waals surface area contributed by atoms with E-state index in [0.29, 0.717) is 18.2 Å². The SMILES string of the molecule is CC(C)(C)CN1CC(CCl)CC1=O. The van der Waals surface area contributed by atoms with Crippen LogP contribution in [0, 0.1) is 11.3 Å². The Morgan fingerprint density at radius 2 is 2.15 bits per heavy atom. The van der Waals surface area contributed by atoms with Gasteiger partial charge in [-0.25, -0.2) is 0 Å². The molecule has 1 rings (SSSR count). The van der Waals surface area contributed by atoms with Crippen LogP contribution < -0.4 is 0 Å². The lowest BCUT2D eigenvalue weighted by molar-refractivity contribution is -0.128. The van der Waals surface area contributed by atoms with Crippen LogP contribution in [0.1, 0.15) is 27.2 Å². The third-order valence-corrected chi connectivity index (χ3v) is 2.61. The van der Waals surface area contributed by atoms with Crippen molar-refractivity contribution in [3.05, 3.63) is 0 Å². The van der Waals surface area contributed by atoms with Gasteiger partial charge in [-0.05, 0) is 11.3 Å². The average Bonchev–Trinajstić information content (AvgIpc) is 2.29. The van der Waals surface area contributed by atoms with Gasteiger partial charge in [0.1, 0.15) is 0 Å². The molecule has 0 spiro atoms. The summed E-state index contributed by atoms with van der Waals surface area (Å²) in [7, 11) is 0. The second-order valence-electron chi connectivity index (χ2n) is 5.06. The number of amides is 1. The van der Waals surface area contributed by atoms with Gasteiger partial charge in [0.15, 0.2) is 0 Å². The van der Waals surface area contributed by atoms with Gasteiger partial charge >= 0.3 is 0 Å². The largest absolute Gasteiger partial charge is 0.342 e. The predicted octanol–water partition coefficient (Wildman–Crippen LogP) is 2.12. The number of halogens is 1. The highest BCUT2D eigenvalue weighted by Gasteiger charge is 2.31. The zero-order chi connectivity index (χ0) is 10.1. The Morgan fingerprint density at radius 3 is 2.54 bits per heavy atom. The van der Waals surface area contributed by atoms with Gasteiger partial charge in [-0.1, -0.05) is 20.8 Å². The van der Waals surface area contributed by atoms with Crippen molar-refractivity contribution in [2.45, 2.75) is 27.2 Å². The molecule has 1 aliphatic heterocycles. The molecule has 2 nitrogen and oxygen atoms in total. The molecule has 0 aromatic rings. The lowest BCUT2D eigenvalue weighted by atomic mass is 9.96. The smallest absolute Gasteiger partial charge is 0.222 e. The summed E-state index contributed by atoms with van der Waals surface area (Å²) in [5.74, 6) is 1.24. The topological polar surface area (TPSA) is 20.3 Å². The highest BCUT2D eigenvalue weighted by Crippen LogP contribution is 2.23.